The molecule has 2 fully saturated rings. The Balaban J connectivity index is 1.43. The van der Waals surface area contributed by atoms with E-state index in [-0.39, 0.29) is 12.1 Å². The summed E-state index contributed by atoms with van der Waals surface area (Å²) in [6.07, 6.45) is 2.54. The topological polar surface area (TPSA) is 35.6 Å². The van der Waals surface area contributed by atoms with Crippen molar-refractivity contribution in [2.75, 3.05) is 32.7 Å². The van der Waals surface area contributed by atoms with E-state index in [9.17, 15) is 4.79 Å². The summed E-state index contributed by atoms with van der Waals surface area (Å²) in [5, 5.41) is 3.09. The van der Waals surface area contributed by atoms with Crippen LogP contribution in [0.4, 0.5) is 4.79 Å². The SMILES string of the molecule is O=C(NCC1CC1)N1CCN(C(c2ccccc2)c2ccccc2)CC1. The first-order valence-electron chi connectivity index (χ1n) is 9.68. The van der Waals surface area contributed by atoms with Gasteiger partial charge in [0.1, 0.15) is 0 Å². The zero-order chi connectivity index (χ0) is 17.8. The number of piperazine rings is 1. The average molecular weight is 349 g/mol. The highest BCUT2D eigenvalue weighted by Crippen LogP contribution is 2.30. The first kappa shape index (κ1) is 17.1. The summed E-state index contributed by atoms with van der Waals surface area (Å²) < 4.78 is 0. The number of hydrogen-bond acceptors (Lipinski definition) is 2. The smallest absolute Gasteiger partial charge is 0.317 e. The number of benzene rings is 2. The fourth-order valence-electron chi connectivity index (χ4n) is 3.73. The van der Waals surface area contributed by atoms with E-state index in [1.807, 2.05) is 4.90 Å². The van der Waals surface area contributed by atoms with Crippen molar-refractivity contribution in [1.29, 1.82) is 0 Å². The lowest BCUT2D eigenvalue weighted by molar-refractivity contribution is 0.120. The van der Waals surface area contributed by atoms with Gasteiger partial charge in [-0.2, -0.15) is 0 Å². The summed E-state index contributed by atoms with van der Waals surface area (Å²) in [5.41, 5.74) is 2.62. The second-order valence-electron chi connectivity index (χ2n) is 7.38. The molecular weight excluding hydrogens is 322 g/mol. The Hall–Kier alpha value is -2.33. The summed E-state index contributed by atoms with van der Waals surface area (Å²) in [6, 6.07) is 21.7. The predicted octanol–water partition coefficient (Wildman–Crippen LogP) is 3.51. The van der Waals surface area contributed by atoms with Crippen LogP contribution in [-0.4, -0.2) is 48.6 Å². The van der Waals surface area contributed by atoms with Gasteiger partial charge in [-0.1, -0.05) is 60.7 Å². The van der Waals surface area contributed by atoms with Crippen LogP contribution in [0.2, 0.25) is 0 Å². The second-order valence-corrected chi connectivity index (χ2v) is 7.38. The van der Waals surface area contributed by atoms with Gasteiger partial charge in [-0.15, -0.1) is 0 Å². The summed E-state index contributed by atoms with van der Waals surface area (Å²) in [5.74, 6) is 0.723. The number of nitrogens with zero attached hydrogens (tertiary/aromatic N) is 2. The molecule has 26 heavy (non-hydrogen) atoms. The summed E-state index contributed by atoms with van der Waals surface area (Å²) in [7, 11) is 0. The Labute approximate surface area is 155 Å². The molecule has 2 aliphatic rings. The van der Waals surface area contributed by atoms with Gasteiger partial charge in [0.15, 0.2) is 0 Å². The predicted molar refractivity (Wildman–Crippen MR) is 104 cm³/mol. The number of amides is 2. The molecule has 136 valence electrons. The molecule has 1 saturated heterocycles. The monoisotopic (exact) mass is 349 g/mol. The maximum absolute atomic E-state index is 12.3. The zero-order valence-electron chi connectivity index (χ0n) is 15.2. The van der Waals surface area contributed by atoms with Gasteiger partial charge in [0.2, 0.25) is 0 Å². The zero-order valence-corrected chi connectivity index (χ0v) is 15.2. The number of urea groups is 1. The molecule has 0 atom stereocenters. The fourth-order valence-corrected chi connectivity index (χ4v) is 3.73. The molecule has 4 nitrogen and oxygen atoms in total. The summed E-state index contributed by atoms with van der Waals surface area (Å²) in [6.45, 7) is 4.20. The lowest BCUT2D eigenvalue weighted by atomic mass is 9.96. The molecule has 1 aliphatic heterocycles. The number of carbonyl (C=O) groups is 1. The van der Waals surface area contributed by atoms with Gasteiger partial charge in [-0.3, -0.25) is 4.90 Å². The van der Waals surface area contributed by atoms with Crippen molar-refractivity contribution >= 4 is 6.03 Å². The third-order valence-electron chi connectivity index (χ3n) is 5.44. The van der Waals surface area contributed by atoms with E-state index < -0.39 is 0 Å². The van der Waals surface area contributed by atoms with Crippen LogP contribution in [-0.2, 0) is 0 Å². The first-order chi connectivity index (χ1) is 12.8. The molecule has 0 aromatic heterocycles. The Kier molecular flexibility index (Phi) is 5.21. The van der Waals surface area contributed by atoms with Crippen molar-refractivity contribution in [2.45, 2.75) is 18.9 Å². The van der Waals surface area contributed by atoms with Gasteiger partial charge in [-0.05, 0) is 29.9 Å². The maximum Gasteiger partial charge on any atom is 0.317 e. The van der Waals surface area contributed by atoms with E-state index in [1.165, 1.54) is 24.0 Å². The van der Waals surface area contributed by atoms with Crippen LogP contribution in [0.1, 0.15) is 30.0 Å². The van der Waals surface area contributed by atoms with Crippen molar-refractivity contribution in [1.82, 2.24) is 15.1 Å². The van der Waals surface area contributed by atoms with Gasteiger partial charge in [0.05, 0.1) is 6.04 Å². The van der Waals surface area contributed by atoms with E-state index in [2.05, 4.69) is 70.9 Å². The number of rotatable bonds is 5. The van der Waals surface area contributed by atoms with E-state index in [0.717, 1.165) is 38.6 Å². The maximum atomic E-state index is 12.3. The van der Waals surface area contributed by atoms with Gasteiger partial charge in [0, 0.05) is 32.7 Å². The van der Waals surface area contributed by atoms with Crippen molar-refractivity contribution in [2.24, 2.45) is 5.92 Å². The number of carbonyl (C=O) groups excluding carboxylic acids is 1. The Morgan fingerprint density at radius 1 is 0.885 bits per heavy atom. The highest BCUT2D eigenvalue weighted by molar-refractivity contribution is 5.74. The molecular formula is C22H27N3O. The van der Waals surface area contributed by atoms with E-state index >= 15 is 0 Å². The van der Waals surface area contributed by atoms with Crippen molar-refractivity contribution in [3.05, 3.63) is 71.8 Å². The highest BCUT2D eigenvalue weighted by atomic mass is 16.2. The minimum atomic E-state index is 0.104. The molecule has 2 amide bonds. The van der Waals surface area contributed by atoms with Gasteiger partial charge in [-0.25, -0.2) is 4.79 Å². The Morgan fingerprint density at radius 3 is 1.92 bits per heavy atom. The minimum Gasteiger partial charge on any atom is -0.338 e. The molecule has 0 bridgehead atoms. The molecule has 0 spiro atoms. The molecule has 0 unspecified atom stereocenters. The van der Waals surface area contributed by atoms with Crippen molar-refractivity contribution in [3.63, 3.8) is 0 Å². The molecule has 0 radical (unpaired) electrons. The highest BCUT2D eigenvalue weighted by Gasteiger charge is 2.29. The third-order valence-corrected chi connectivity index (χ3v) is 5.44. The van der Waals surface area contributed by atoms with Crippen LogP contribution >= 0.6 is 0 Å². The summed E-state index contributed by atoms with van der Waals surface area (Å²) in [4.78, 5) is 16.8. The van der Waals surface area contributed by atoms with E-state index in [1.54, 1.807) is 0 Å². The summed E-state index contributed by atoms with van der Waals surface area (Å²) >= 11 is 0. The molecule has 4 rings (SSSR count). The normalized spacial score (nSPS) is 18.1. The van der Waals surface area contributed by atoms with Crippen LogP contribution in [0.3, 0.4) is 0 Å². The number of hydrogen-bond donors (Lipinski definition) is 1. The molecule has 2 aromatic carbocycles. The Morgan fingerprint density at radius 2 is 1.42 bits per heavy atom. The van der Waals surface area contributed by atoms with E-state index in [4.69, 9.17) is 0 Å². The quantitative estimate of drug-likeness (QED) is 0.896. The van der Waals surface area contributed by atoms with Crippen LogP contribution in [0, 0.1) is 5.92 Å². The molecule has 2 aromatic rings. The molecule has 4 heteroatoms. The second kappa shape index (κ2) is 7.92. The van der Waals surface area contributed by atoms with Gasteiger partial charge < -0.3 is 10.2 Å². The lowest BCUT2D eigenvalue weighted by Crippen LogP contribution is -2.52. The minimum absolute atomic E-state index is 0.104. The first-order valence-corrected chi connectivity index (χ1v) is 9.68. The van der Waals surface area contributed by atoms with Crippen LogP contribution in [0.15, 0.2) is 60.7 Å². The fraction of sp³-hybridized carbons (Fsp3) is 0.409. The van der Waals surface area contributed by atoms with Gasteiger partial charge in [0.25, 0.3) is 0 Å². The largest absolute Gasteiger partial charge is 0.338 e. The Bertz CT molecular complexity index is 667. The molecule has 1 N–H and O–H groups in total. The van der Waals surface area contributed by atoms with Crippen LogP contribution < -0.4 is 5.32 Å². The van der Waals surface area contributed by atoms with Crippen molar-refractivity contribution < 1.29 is 4.79 Å². The van der Waals surface area contributed by atoms with Crippen LogP contribution in [0.25, 0.3) is 0 Å². The standard InChI is InChI=1S/C22H27N3O/c26-22(23-17-18-11-12-18)25-15-13-24(14-16-25)21(19-7-3-1-4-8-19)20-9-5-2-6-10-20/h1-10,18,21H,11-17H2,(H,23,26). The van der Waals surface area contributed by atoms with Gasteiger partial charge >= 0.3 is 6.03 Å². The molecule has 1 heterocycles. The van der Waals surface area contributed by atoms with Crippen molar-refractivity contribution in [3.8, 4) is 0 Å². The molecule has 1 saturated carbocycles. The van der Waals surface area contributed by atoms with E-state index in [0.29, 0.717) is 0 Å². The molecule has 1 aliphatic carbocycles. The lowest BCUT2D eigenvalue weighted by Gasteiger charge is -2.39. The third kappa shape index (κ3) is 4.07. The number of nitrogens with one attached hydrogen (secondary N) is 1. The average Bonchev–Trinajstić information content (AvgIpc) is 3.53. The van der Waals surface area contributed by atoms with Crippen LogP contribution in [0.5, 0.6) is 0 Å².